The minimum absolute atomic E-state index is 0.589. The summed E-state index contributed by atoms with van der Waals surface area (Å²) in [6, 6.07) is 15.7. The average Bonchev–Trinajstić information content (AvgIpc) is 2.94. The van der Waals surface area contributed by atoms with Crippen LogP contribution in [0.3, 0.4) is 0 Å². The first-order valence-corrected chi connectivity index (χ1v) is 5.80. The number of aromatic amines is 1. The third-order valence-electron chi connectivity index (χ3n) is 2.64. The van der Waals surface area contributed by atoms with Crippen LogP contribution in [0, 0.1) is 0 Å². The van der Waals surface area contributed by atoms with Crippen molar-refractivity contribution in [2.75, 3.05) is 0 Å². The van der Waals surface area contributed by atoms with Gasteiger partial charge < -0.3 is 0 Å². The van der Waals surface area contributed by atoms with E-state index in [-0.39, 0.29) is 0 Å². The lowest BCUT2D eigenvalue weighted by atomic mass is 10.0. The molecule has 0 amide bonds. The fourth-order valence-electron chi connectivity index (χ4n) is 1.76. The summed E-state index contributed by atoms with van der Waals surface area (Å²) in [4.78, 5) is 0. The number of nitrogens with zero attached hydrogens (tertiary/aromatic N) is 3. The molecule has 0 aliphatic heterocycles. The van der Waals surface area contributed by atoms with Gasteiger partial charge in [-0.1, -0.05) is 41.9 Å². The van der Waals surface area contributed by atoms with Crippen molar-refractivity contribution in [2.24, 2.45) is 0 Å². The average molecular weight is 257 g/mol. The normalized spacial score (nSPS) is 10.5. The zero-order valence-corrected chi connectivity index (χ0v) is 10.1. The van der Waals surface area contributed by atoms with Crippen LogP contribution < -0.4 is 0 Å². The van der Waals surface area contributed by atoms with E-state index in [1.165, 1.54) is 0 Å². The fourth-order valence-corrected chi connectivity index (χ4v) is 1.89. The number of nitrogens with one attached hydrogen (secondary N) is 1. The highest BCUT2D eigenvalue weighted by Gasteiger charge is 2.04. The van der Waals surface area contributed by atoms with Crippen LogP contribution in [-0.4, -0.2) is 20.6 Å². The number of rotatable bonds is 2. The summed E-state index contributed by atoms with van der Waals surface area (Å²) in [7, 11) is 0. The Kier molecular flexibility index (Phi) is 2.78. The molecule has 0 bridgehead atoms. The minimum Gasteiger partial charge on any atom is -0.177 e. The molecule has 0 atom stereocenters. The number of tetrazole rings is 1. The van der Waals surface area contributed by atoms with E-state index in [1.807, 2.05) is 48.5 Å². The molecule has 1 aromatic heterocycles. The molecule has 0 spiro atoms. The van der Waals surface area contributed by atoms with Gasteiger partial charge in [0.1, 0.15) is 0 Å². The fraction of sp³-hybridized carbons (Fsp3) is 0. The van der Waals surface area contributed by atoms with Gasteiger partial charge in [0.25, 0.3) is 0 Å². The van der Waals surface area contributed by atoms with Crippen molar-refractivity contribution in [1.82, 2.24) is 20.6 Å². The Bertz CT molecular complexity index is 647. The topological polar surface area (TPSA) is 54.5 Å². The van der Waals surface area contributed by atoms with Gasteiger partial charge >= 0.3 is 0 Å². The molecule has 3 rings (SSSR count). The van der Waals surface area contributed by atoms with Crippen molar-refractivity contribution in [2.45, 2.75) is 0 Å². The third-order valence-corrected chi connectivity index (χ3v) is 2.90. The first kappa shape index (κ1) is 10.9. The number of H-pyrrole nitrogens is 1. The molecular weight excluding hydrogens is 248 g/mol. The molecule has 0 saturated heterocycles. The SMILES string of the molecule is Clc1ccc(-c2cccc(-c3nn[nH]n3)c2)cc1. The monoisotopic (exact) mass is 256 g/mol. The predicted molar refractivity (Wildman–Crippen MR) is 70.1 cm³/mol. The van der Waals surface area contributed by atoms with E-state index in [2.05, 4.69) is 20.6 Å². The van der Waals surface area contributed by atoms with E-state index in [9.17, 15) is 0 Å². The Hall–Kier alpha value is -2.20. The number of hydrogen-bond donors (Lipinski definition) is 1. The smallest absolute Gasteiger partial charge is 0.177 e. The highest BCUT2D eigenvalue weighted by Crippen LogP contribution is 2.25. The van der Waals surface area contributed by atoms with Gasteiger partial charge in [-0.05, 0) is 34.5 Å². The molecule has 0 radical (unpaired) electrons. The summed E-state index contributed by atoms with van der Waals surface area (Å²) in [6.07, 6.45) is 0. The lowest BCUT2D eigenvalue weighted by Gasteiger charge is -2.03. The van der Waals surface area contributed by atoms with Crippen molar-refractivity contribution in [3.8, 4) is 22.5 Å². The second-order valence-corrected chi connectivity index (χ2v) is 4.26. The van der Waals surface area contributed by atoms with Crippen LogP contribution in [0.25, 0.3) is 22.5 Å². The Balaban J connectivity index is 2.03. The molecule has 1 heterocycles. The molecule has 18 heavy (non-hydrogen) atoms. The number of aromatic nitrogens is 4. The zero-order chi connectivity index (χ0) is 12.4. The third kappa shape index (κ3) is 2.10. The summed E-state index contributed by atoms with van der Waals surface area (Å²) in [5, 5.41) is 14.7. The largest absolute Gasteiger partial charge is 0.204 e. The summed E-state index contributed by atoms with van der Waals surface area (Å²) in [6.45, 7) is 0. The molecule has 2 aromatic carbocycles. The van der Waals surface area contributed by atoms with Gasteiger partial charge in [0, 0.05) is 10.6 Å². The van der Waals surface area contributed by atoms with Gasteiger partial charge in [0.15, 0.2) is 0 Å². The van der Waals surface area contributed by atoms with E-state index in [1.54, 1.807) is 0 Å². The van der Waals surface area contributed by atoms with Crippen molar-refractivity contribution in [3.05, 3.63) is 53.6 Å². The number of benzene rings is 2. The first-order chi connectivity index (χ1) is 8.83. The summed E-state index contributed by atoms with van der Waals surface area (Å²) in [5.74, 6) is 0.589. The number of halogens is 1. The molecule has 4 nitrogen and oxygen atoms in total. The highest BCUT2D eigenvalue weighted by atomic mass is 35.5. The molecular formula is C13H9ClN4. The van der Waals surface area contributed by atoms with Crippen LogP contribution >= 0.6 is 11.6 Å². The second-order valence-electron chi connectivity index (χ2n) is 3.82. The zero-order valence-electron chi connectivity index (χ0n) is 9.34. The highest BCUT2D eigenvalue weighted by molar-refractivity contribution is 6.30. The molecule has 0 aliphatic carbocycles. The van der Waals surface area contributed by atoms with Crippen LogP contribution in [0.5, 0.6) is 0 Å². The molecule has 0 unspecified atom stereocenters. The molecule has 0 saturated carbocycles. The maximum atomic E-state index is 5.88. The van der Waals surface area contributed by atoms with E-state index in [4.69, 9.17) is 11.6 Å². The molecule has 0 aliphatic rings. The van der Waals surface area contributed by atoms with Gasteiger partial charge in [0.2, 0.25) is 5.82 Å². The van der Waals surface area contributed by atoms with Crippen LogP contribution in [0.15, 0.2) is 48.5 Å². The Morgan fingerprint density at radius 3 is 2.39 bits per heavy atom. The molecule has 3 aromatic rings. The molecule has 5 heteroatoms. The van der Waals surface area contributed by atoms with Crippen molar-refractivity contribution >= 4 is 11.6 Å². The quantitative estimate of drug-likeness (QED) is 0.766. The van der Waals surface area contributed by atoms with Gasteiger partial charge in [0.05, 0.1) is 0 Å². The summed E-state index contributed by atoms with van der Waals surface area (Å²) < 4.78 is 0. The van der Waals surface area contributed by atoms with Gasteiger partial charge in [-0.15, -0.1) is 10.2 Å². The Morgan fingerprint density at radius 1 is 0.889 bits per heavy atom. The Labute approximate surface area is 109 Å². The van der Waals surface area contributed by atoms with Crippen molar-refractivity contribution in [3.63, 3.8) is 0 Å². The van der Waals surface area contributed by atoms with Crippen molar-refractivity contribution < 1.29 is 0 Å². The van der Waals surface area contributed by atoms with Gasteiger partial charge in [-0.25, -0.2) is 0 Å². The van der Waals surface area contributed by atoms with Gasteiger partial charge in [-0.3, -0.25) is 0 Å². The van der Waals surface area contributed by atoms with Crippen LogP contribution in [0.4, 0.5) is 0 Å². The van der Waals surface area contributed by atoms with E-state index >= 15 is 0 Å². The van der Waals surface area contributed by atoms with Crippen LogP contribution in [-0.2, 0) is 0 Å². The predicted octanol–water partition coefficient (Wildman–Crippen LogP) is 3.19. The van der Waals surface area contributed by atoms with Crippen LogP contribution in [0.2, 0.25) is 5.02 Å². The van der Waals surface area contributed by atoms with Crippen LogP contribution in [0.1, 0.15) is 0 Å². The molecule has 88 valence electrons. The van der Waals surface area contributed by atoms with Gasteiger partial charge in [-0.2, -0.15) is 5.21 Å². The second kappa shape index (κ2) is 4.58. The van der Waals surface area contributed by atoms with E-state index in [0.29, 0.717) is 5.82 Å². The molecule has 1 N–H and O–H groups in total. The lowest BCUT2D eigenvalue weighted by molar-refractivity contribution is 0.881. The maximum absolute atomic E-state index is 5.88. The first-order valence-electron chi connectivity index (χ1n) is 5.43. The summed E-state index contributed by atoms with van der Waals surface area (Å²) in [5.41, 5.74) is 3.12. The maximum Gasteiger partial charge on any atom is 0.204 e. The van der Waals surface area contributed by atoms with E-state index in [0.717, 1.165) is 21.7 Å². The molecule has 0 fully saturated rings. The lowest BCUT2D eigenvalue weighted by Crippen LogP contribution is -1.83. The minimum atomic E-state index is 0.589. The Morgan fingerprint density at radius 2 is 1.67 bits per heavy atom. The standard InChI is InChI=1S/C13H9ClN4/c14-12-6-4-9(5-7-12)10-2-1-3-11(8-10)13-15-17-18-16-13/h1-8H,(H,15,16,17,18). The van der Waals surface area contributed by atoms with Crippen molar-refractivity contribution in [1.29, 1.82) is 0 Å². The summed E-state index contributed by atoms with van der Waals surface area (Å²) >= 11 is 5.88. The van der Waals surface area contributed by atoms with E-state index < -0.39 is 0 Å². The number of hydrogen-bond acceptors (Lipinski definition) is 3.